The highest BCUT2D eigenvalue weighted by Gasteiger charge is 2.35. The molecule has 0 saturated heterocycles. The van der Waals surface area contributed by atoms with Gasteiger partial charge in [0.1, 0.15) is 0 Å². The summed E-state index contributed by atoms with van der Waals surface area (Å²) >= 11 is 5.91. The Morgan fingerprint density at radius 2 is 1.74 bits per heavy atom. The van der Waals surface area contributed by atoms with E-state index in [-0.39, 0.29) is 21.7 Å². The van der Waals surface area contributed by atoms with Gasteiger partial charge in [0.15, 0.2) is 5.78 Å². The summed E-state index contributed by atoms with van der Waals surface area (Å²) in [6.07, 6.45) is -4.86. The van der Waals surface area contributed by atoms with Crippen molar-refractivity contribution < 1.29 is 22.8 Å². The third kappa shape index (κ3) is 4.25. The van der Waals surface area contributed by atoms with Gasteiger partial charge in [0.05, 0.1) is 45.1 Å². The predicted octanol–water partition coefficient (Wildman–Crippen LogP) is 4.56. The molecule has 2 aromatic carbocycles. The highest BCUT2D eigenvalue weighted by molar-refractivity contribution is 6.34. The second-order valence-electron chi connectivity index (χ2n) is 5.37. The van der Waals surface area contributed by atoms with E-state index in [1.807, 2.05) is 6.07 Å². The van der Waals surface area contributed by atoms with Gasteiger partial charge >= 0.3 is 6.18 Å². The maximum Gasteiger partial charge on any atom is 0.417 e. The Labute approximate surface area is 156 Å². The van der Waals surface area contributed by atoms with Crippen LogP contribution >= 0.6 is 11.6 Å². The SMILES string of the molecule is CC(=O)c1cc(C#N)c(C(F)(F)F)cc1NC(=O)c1cc(C#N)ccc1Cl. The molecule has 136 valence electrons. The van der Waals surface area contributed by atoms with Crippen LogP contribution < -0.4 is 5.32 Å². The van der Waals surface area contributed by atoms with Gasteiger partial charge in [-0.25, -0.2) is 0 Å². The lowest BCUT2D eigenvalue weighted by molar-refractivity contribution is -0.137. The normalized spacial score (nSPS) is 10.6. The number of hydrogen-bond acceptors (Lipinski definition) is 4. The third-order valence-corrected chi connectivity index (χ3v) is 3.88. The van der Waals surface area contributed by atoms with Gasteiger partial charge in [-0.2, -0.15) is 23.7 Å². The smallest absolute Gasteiger partial charge is 0.321 e. The van der Waals surface area contributed by atoms with Gasteiger partial charge in [0.2, 0.25) is 0 Å². The van der Waals surface area contributed by atoms with Crippen LogP contribution in [0.25, 0.3) is 0 Å². The highest BCUT2D eigenvalue weighted by Crippen LogP contribution is 2.35. The van der Waals surface area contributed by atoms with Gasteiger partial charge in [0.25, 0.3) is 5.91 Å². The quantitative estimate of drug-likeness (QED) is 0.776. The van der Waals surface area contributed by atoms with Gasteiger partial charge in [-0.3, -0.25) is 9.59 Å². The monoisotopic (exact) mass is 391 g/mol. The number of benzene rings is 2. The van der Waals surface area contributed by atoms with E-state index in [1.165, 1.54) is 24.3 Å². The summed E-state index contributed by atoms with van der Waals surface area (Å²) < 4.78 is 39.5. The molecule has 0 aliphatic carbocycles. The number of anilines is 1. The molecular weight excluding hydrogens is 383 g/mol. The van der Waals surface area contributed by atoms with Gasteiger partial charge in [-0.15, -0.1) is 0 Å². The molecule has 0 aliphatic heterocycles. The van der Waals surface area contributed by atoms with Crippen molar-refractivity contribution >= 4 is 29.0 Å². The number of nitrogens with zero attached hydrogens (tertiary/aromatic N) is 2. The Morgan fingerprint density at radius 1 is 1.07 bits per heavy atom. The standard InChI is InChI=1S/C18H9ClF3N3O2/c1-9(26)12-5-11(8-24)14(18(20,21)22)6-16(12)25-17(27)13-4-10(7-23)2-3-15(13)19/h2-6H,1H3,(H,25,27). The summed E-state index contributed by atoms with van der Waals surface area (Å²) in [7, 11) is 0. The van der Waals surface area contributed by atoms with E-state index < -0.39 is 34.7 Å². The molecule has 0 atom stereocenters. The summed E-state index contributed by atoms with van der Waals surface area (Å²) in [6, 6.07) is 8.32. The summed E-state index contributed by atoms with van der Waals surface area (Å²) in [5, 5.41) is 20.0. The van der Waals surface area contributed by atoms with E-state index in [1.54, 1.807) is 0 Å². The number of hydrogen-bond donors (Lipinski definition) is 1. The number of alkyl halides is 3. The number of rotatable bonds is 3. The average Bonchev–Trinajstić information content (AvgIpc) is 2.60. The van der Waals surface area contributed by atoms with E-state index in [0.717, 1.165) is 13.0 Å². The van der Waals surface area contributed by atoms with Crippen molar-refractivity contribution in [3.8, 4) is 12.1 Å². The number of carbonyl (C=O) groups is 2. The van der Waals surface area contributed by atoms with E-state index in [2.05, 4.69) is 5.32 Å². The fourth-order valence-electron chi connectivity index (χ4n) is 2.28. The van der Waals surface area contributed by atoms with Crippen LogP contribution in [-0.4, -0.2) is 11.7 Å². The molecule has 1 N–H and O–H groups in total. The Kier molecular flexibility index (Phi) is 5.53. The Balaban J connectivity index is 2.58. The van der Waals surface area contributed by atoms with Crippen LogP contribution in [0, 0.1) is 22.7 Å². The minimum atomic E-state index is -4.86. The average molecular weight is 392 g/mol. The van der Waals surface area contributed by atoms with Crippen molar-refractivity contribution in [2.24, 2.45) is 0 Å². The lowest BCUT2D eigenvalue weighted by atomic mass is 9.99. The number of amides is 1. The van der Waals surface area contributed by atoms with Crippen LogP contribution in [-0.2, 0) is 6.18 Å². The first-order valence-electron chi connectivity index (χ1n) is 7.25. The summed E-state index contributed by atoms with van der Waals surface area (Å²) in [5.74, 6) is -1.55. The first-order chi connectivity index (χ1) is 12.6. The fraction of sp³-hybridized carbons (Fsp3) is 0.111. The van der Waals surface area contributed by atoms with Crippen LogP contribution in [0.5, 0.6) is 0 Å². The van der Waals surface area contributed by atoms with Crippen molar-refractivity contribution in [2.45, 2.75) is 13.1 Å². The van der Waals surface area contributed by atoms with Gasteiger partial charge in [-0.05, 0) is 37.3 Å². The topological polar surface area (TPSA) is 93.8 Å². The number of nitriles is 2. The molecule has 1 amide bonds. The Bertz CT molecular complexity index is 1030. The molecule has 0 spiro atoms. The van der Waals surface area contributed by atoms with Crippen molar-refractivity contribution in [1.29, 1.82) is 10.5 Å². The van der Waals surface area contributed by atoms with Crippen molar-refractivity contribution in [3.05, 3.63) is 63.2 Å². The molecule has 0 unspecified atom stereocenters. The zero-order chi connectivity index (χ0) is 20.4. The van der Waals surface area contributed by atoms with Gasteiger partial charge in [-0.1, -0.05) is 11.6 Å². The molecule has 9 heteroatoms. The highest BCUT2D eigenvalue weighted by atomic mass is 35.5. The molecule has 0 radical (unpaired) electrons. The first kappa shape index (κ1) is 20.0. The molecule has 5 nitrogen and oxygen atoms in total. The van der Waals surface area contributed by atoms with Crippen LogP contribution in [0.2, 0.25) is 5.02 Å². The predicted molar refractivity (Wildman–Crippen MR) is 90.3 cm³/mol. The maximum atomic E-state index is 13.2. The number of carbonyl (C=O) groups excluding carboxylic acids is 2. The van der Waals surface area contributed by atoms with E-state index in [0.29, 0.717) is 6.07 Å². The number of halogens is 4. The van der Waals surface area contributed by atoms with Crippen molar-refractivity contribution in [3.63, 3.8) is 0 Å². The molecule has 0 bridgehead atoms. The number of nitrogens with one attached hydrogen (secondary N) is 1. The molecule has 2 aromatic rings. The lowest BCUT2D eigenvalue weighted by Crippen LogP contribution is -2.17. The summed E-state index contributed by atoms with van der Waals surface area (Å²) in [5.41, 5.74) is -2.75. The molecule has 0 aromatic heterocycles. The van der Waals surface area contributed by atoms with Gasteiger partial charge < -0.3 is 5.32 Å². The number of Topliss-reactive ketones (excluding diaryl/α,β-unsaturated/α-hetero) is 1. The molecule has 0 fully saturated rings. The molecule has 0 saturated carbocycles. The summed E-state index contributed by atoms with van der Waals surface area (Å²) in [6.45, 7) is 1.09. The van der Waals surface area contributed by atoms with E-state index in [9.17, 15) is 22.8 Å². The van der Waals surface area contributed by atoms with Crippen LogP contribution in [0.15, 0.2) is 30.3 Å². The van der Waals surface area contributed by atoms with Crippen LogP contribution in [0.1, 0.15) is 44.3 Å². The first-order valence-corrected chi connectivity index (χ1v) is 7.63. The molecule has 0 heterocycles. The maximum absolute atomic E-state index is 13.2. The zero-order valence-electron chi connectivity index (χ0n) is 13.6. The van der Waals surface area contributed by atoms with Crippen molar-refractivity contribution in [2.75, 3.05) is 5.32 Å². The Hall–Kier alpha value is -3.36. The summed E-state index contributed by atoms with van der Waals surface area (Å²) in [4.78, 5) is 24.2. The largest absolute Gasteiger partial charge is 0.417 e. The van der Waals surface area contributed by atoms with Gasteiger partial charge in [0, 0.05) is 5.56 Å². The second kappa shape index (κ2) is 7.48. The number of ketones is 1. The minimum absolute atomic E-state index is 0.0273. The molecule has 27 heavy (non-hydrogen) atoms. The molecular formula is C18H9ClF3N3O2. The Morgan fingerprint density at radius 3 is 2.26 bits per heavy atom. The third-order valence-electron chi connectivity index (χ3n) is 3.55. The zero-order valence-corrected chi connectivity index (χ0v) is 14.4. The van der Waals surface area contributed by atoms with Crippen LogP contribution in [0.4, 0.5) is 18.9 Å². The molecule has 0 aliphatic rings. The van der Waals surface area contributed by atoms with Crippen LogP contribution in [0.3, 0.4) is 0 Å². The molecule has 2 rings (SSSR count). The second-order valence-corrected chi connectivity index (χ2v) is 5.78. The van der Waals surface area contributed by atoms with Crippen molar-refractivity contribution in [1.82, 2.24) is 0 Å². The van der Waals surface area contributed by atoms with E-state index in [4.69, 9.17) is 22.1 Å². The lowest BCUT2D eigenvalue weighted by Gasteiger charge is -2.15. The minimum Gasteiger partial charge on any atom is -0.321 e. The fourth-order valence-corrected chi connectivity index (χ4v) is 2.48. The van der Waals surface area contributed by atoms with E-state index >= 15 is 0 Å².